The standard InChI is InChI=1S/C18H26BrNO/c1-11(2)6-14-15-7-13(5)8-16(19)18(15)21-17(14)10-20-9-12(3)4/h7-8,11-12,20H,6,9-10H2,1-5H3. The van der Waals surface area contributed by atoms with E-state index in [9.17, 15) is 0 Å². The minimum absolute atomic E-state index is 0.619. The number of nitrogens with one attached hydrogen (secondary N) is 1. The van der Waals surface area contributed by atoms with Crippen molar-refractivity contribution in [1.82, 2.24) is 5.32 Å². The van der Waals surface area contributed by atoms with Crippen LogP contribution < -0.4 is 5.32 Å². The first-order chi connectivity index (χ1) is 9.88. The van der Waals surface area contributed by atoms with Gasteiger partial charge in [-0.2, -0.15) is 0 Å². The molecule has 2 rings (SSSR count). The molecule has 0 aliphatic carbocycles. The van der Waals surface area contributed by atoms with Gasteiger partial charge in [-0.25, -0.2) is 0 Å². The fourth-order valence-corrected chi connectivity index (χ4v) is 3.30. The van der Waals surface area contributed by atoms with Crippen molar-refractivity contribution in [3.8, 4) is 0 Å². The topological polar surface area (TPSA) is 25.2 Å². The summed E-state index contributed by atoms with van der Waals surface area (Å²) < 4.78 is 7.21. The van der Waals surface area contributed by atoms with Gasteiger partial charge in [0.2, 0.25) is 0 Å². The molecule has 2 nitrogen and oxygen atoms in total. The molecule has 3 heteroatoms. The summed E-state index contributed by atoms with van der Waals surface area (Å²) in [7, 11) is 0. The smallest absolute Gasteiger partial charge is 0.148 e. The summed E-state index contributed by atoms with van der Waals surface area (Å²) in [6.45, 7) is 12.9. The summed E-state index contributed by atoms with van der Waals surface area (Å²) in [5.41, 5.74) is 3.61. The van der Waals surface area contributed by atoms with Crippen molar-refractivity contribution in [2.75, 3.05) is 6.54 Å². The van der Waals surface area contributed by atoms with Gasteiger partial charge in [0.05, 0.1) is 11.0 Å². The van der Waals surface area contributed by atoms with Gasteiger partial charge in [-0.3, -0.25) is 0 Å². The van der Waals surface area contributed by atoms with E-state index in [-0.39, 0.29) is 0 Å². The van der Waals surface area contributed by atoms with Gasteiger partial charge in [0.25, 0.3) is 0 Å². The van der Waals surface area contributed by atoms with E-state index in [1.165, 1.54) is 16.5 Å². The Kier molecular flexibility index (Phi) is 5.50. The Bertz CT molecular complexity index is 613. The Balaban J connectivity index is 2.40. The van der Waals surface area contributed by atoms with Crippen LogP contribution in [0.3, 0.4) is 0 Å². The monoisotopic (exact) mass is 351 g/mol. The second-order valence-electron chi connectivity index (χ2n) is 6.75. The van der Waals surface area contributed by atoms with Crippen molar-refractivity contribution in [2.24, 2.45) is 11.8 Å². The zero-order valence-corrected chi connectivity index (χ0v) is 15.3. The van der Waals surface area contributed by atoms with Gasteiger partial charge in [0.1, 0.15) is 11.3 Å². The Morgan fingerprint density at radius 1 is 1.14 bits per heavy atom. The Morgan fingerprint density at radius 3 is 2.48 bits per heavy atom. The molecule has 1 heterocycles. The van der Waals surface area contributed by atoms with Gasteiger partial charge < -0.3 is 9.73 Å². The van der Waals surface area contributed by atoms with E-state index < -0.39 is 0 Å². The van der Waals surface area contributed by atoms with Gasteiger partial charge in [0, 0.05) is 10.9 Å². The molecule has 0 saturated heterocycles. The molecular weight excluding hydrogens is 326 g/mol. The molecule has 0 bridgehead atoms. The highest BCUT2D eigenvalue weighted by atomic mass is 79.9. The predicted molar refractivity (Wildman–Crippen MR) is 93.7 cm³/mol. The lowest BCUT2D eigenvalue weighted by molar-refractivity contribution is 0.476. The zero-order chi connectivity index (χ0) is 15.6. The molecular formula is C18H26BrNO. The maximum atomic E-state index is 6.16. The molecule has 21 heavy (non-hydrogen) atoms. The van der Waals surface area contributed by atoms with E-state index in [1.54, 1.807) is 0 Å². The van der Waals surface area contributed by atoms with Gasteiger partial charge in [-0.1, -0.05) is 27.7 Å². The van der Waals surface area contributed by atoms with Crippen LogP contribution in [0.5, 0.6) is 0 Å². The normalized spacial score (nSPS) is 12.0. The van der Waals surface area contributed by atoms with Gasteiger partial charge >= 0.3 is 0 Å². The zero-order valence-electron chi connectivity index (χ0n) is 13.7. The van der Waals surface area contributed by atoms with Crippen molar-refractivity contribution >= 4 is 26.9 Å². The number of fused-ring (bicyclic) bond motifs is 1. The molecule has 0 atom stereocenters. The summed E-state index contributed by atoms with van der Waals surface area (Å²) in [6, 6.07) is 4.36. The lowest BCUT2D eigenvalue weighted by Crippen LogP contribution is -2.19. The molecule has 0 aliphatic heterocycles. The third kappa shape index (κ3) is 4.10. The average Bonchev–Trinajstić information content (AvgIpc) is 2.67. The van der Waals surface area contributed by atoms with E-state index in [1.807, 2.05) is 0 Å². The number of halogens is 1. The molecule has 2 aromatic rings. The number of hydrogen-bond acceptors (Lipinski definition) is 2. The Labute approximate surface area is 136 Å². The largest absolute Gasteiger partial charge is 0.458 e. The minimum atomic E-state index is 0.619. The molecule has 0 saturated carbocycles. The molecule has 0 spiro atoms. The summed E-state index contributed by atoms with van der Waals surface area (Å²) in [6.07, 6.45) is 1.06. The molecule has 1 aromatic heterocycles. The van der Waals surface area contributed by atoms with Crippen LogP contribution in [0.2, 0.25) is 0 Å². The first-order valence-electron chi connectivity index (χ1n) is 7.79. The molecule has 0 radical (unpaired) electrons. The van der Waals surface area contributed by atoms with E-state index in [0.29, 0.717) is 11.8 Å². The summed E-state index contributed by atoms with van der Waals surface area (Å²) >= 11 is 3.64. The van der Waals surface area contributed by atoms with Crippen LogP contribution in [0.1, 0.15) is 44.6 Å². The third-order valence-electron chi connectivity index (χ3n) is 3.53. The van der Waals surface area contributed by atoms with E-state index in [4.69, 9.17) is 4.42 Å². The van der Waals surface area contributed by atoms with Gasteiger partial charge in [-0.15, -0.1) is 0 Å². The average molecular weight is 352 g/mol. The fourth-order valence-electron chi connectivity index (χ4n) is 2.64. The number of benzene rings is 1. The van der Waals surface area contributed by atoms with Gasteiger partial charge in [-0.05, 0) is 65.4 Å². The van der Waals surface area contributed by atoms with Crippen LogP contribution >= 0.6 is 15.9 Å². The second kappa shape index (κ2) is 6.97. The summed E-state index contributed by atoms with van der Waals surface area (Å²) in [5, 5.41) is 4.76. The van der Waals surface area contributed by atoms with Crippen molar-refractivity contribution < 1.29 is 4.42 Å². The SMILES string of the molecule is Cc1cc(Br)c2oc(CNCC(C)C)c(CC(C)C)c2c1. The Hall–Kier alpha value is -0.800. The lowest BCUT2D eigenvalue weighted by Gasteiger charge is -2.09. The first kappa shape index (κ1) is 16.6. The maximum Gasteiger partial charge on any atom is 0.148 e. The second-order valence-corrected chi connectivity index (χ2v) is 7.60. The molecule has 1 N–H and O–H groups in total. The van der Waals surface area contributed by atoms with E-state index >= 15 is 0 Å². The molecule has 116 valence electrons. The number of hydrogen-bond donors (Lipinski definition) is 1. The van der Waals surface area contributed by atoms with E-state index in [0.717, 1.165) is 35.3 Å². The predicted octanol–water partition coefficient (Wildman–Crippen LogP) is 5.45. The van der Waals surface area contributed by atoms with Crippen LogP contribution in [-0.2, 0) is 13.0 Å². The molecule has 1 aromatic carbocycles. The fraction of sp³-hybridized carbons (Fsp3) is 0.556. The van der Waals surface area contributed by atoms with Crippen molar-refractivity contribution in [1.29, 1.82) is 0 Å². The molecule has 0 unspecified atom stereocenters. The third-order valence-corrected chi connectivity index (χ3v) is 4.11. The number of rotatable bonds is 6. The van der Waals surface area contributed by atoms with Crippen LogP contribution in [0, 0.1) is 18.8 Å². The van der Waals surface area contributed by atoms with Crippen molar-refractivity contribution in [3.63, 3.8) is 0 Å². The van der Waals surface area contributed by atoms with E-state index in [2.05, 4.69) is 68.0 Å². The Morgan fingerprint density at radius 2 is 1.86 bits per heavy atom. The van der Waals surface area contributed by atoms with Crippen molar-refractivity contribution in [3.05, 3.63) is 33.5 Å². The van der Waals surface area contributed by atoms with Crippen LogP contribution in [0.25, 0.3) is 11.0 Å². The lowest BCUT2D eigenvalue weighted by atomic mass is 9.99. The van der Waals surface area contributed by atoms with Crippen LogP contribution in [-0.4, -0.2) is 6.54 Å². The highest BCUT2D eigenvalue weighted by Crippen LogP contribution is 2.34. The molecule has 0 fully saturated rings. The number of aryl methyl sites for hydroxylation is 1. The van der Waals surface area contributed by atoms with Crippen LogP contribution in [0.15, 0.2) is 21.0 Å². The molecule has 0 aliphatic rings. The highest BCUT2D eigenvalue weighted by molar-refractivity contribution is 9.10. The number of furan rings is 1. The summed E-state index contributed by atoms with van der Waals surface area (Å²) in [5.74, 6) is 2.36. The maximum absolute atomic E-state index is 6.16. The quantitative estimate of drug-likeness (QED) is 0.748. The van der Waals surface area contributed by atoms with Gasteiger partial charge in [0.15, 0.2) is 0 Å². The minimum Gasteiger partial charge on any atom is -0.458 e. The van der Waals surface area contributed by atoms with Crippen LogP contribution in [0.4, 0.5) is 0 Å². The highest BCUT2D eigenvalue weighted by Gasteiger charge is 2.17. The molecule has 0 amide bonds. The summed E-state index contributed by atoms with van der Waals surface area (Å²) in [4.78, 5) is 0. The van der Waals surface area contributed by atoms with Crippen molar-refractivity contribution in [2.45, 2.75) is 47.6 Å². The first-order valence-corrected chi connectivity index (χ1v) is 8.59.